The van der Waals surface area contributed by atoms with Gasteiger partial charge in [0.15, 0.2) is 0 Å². The second kappa shape index (κ2) is 5.85. The Morgan fingerprint density at radius 1 is 1.00 bits per heavy atom. The molecule has 0 aliphatic carbocycles. The zero-order valence-corrected chi connectivity index (χ0v) is 11.4. The summed E-state index contributed by atoms with van der Waals surface area (Å²) < 4.78 is 13.6. The van der Waals surface area contributed by atoms with Gasteiger partial charge in [-0.15, -0.1) is 0 Å². The van der Waals surface area contributed by atoms with E-state index in [1.807, 2.05) is 38.2 Å². The Morgan fingerprint density at radius 2 is 1.63 bits per heavy atom. The molecule has 0 unspecified atom stereocenters. The highest BCUT2D eigenvalue weighted by molar-refractivity contribution is 5.49. The van der Waals surface area contributed by atoms with Crippen molar-refractivity contribution in [2.45, 2.75) is 20.0 Å². The van der Waals surface area contributed by atoms with Gasteiger partial charge in [0.05, 0.1) is 0 Å². The summed E-state index contributed by atoms with van der Waals surface area (Å²) in [7, 11) is 1.98. The number of anilines is 1. The lowest BCUT2D eigenvalue weighted by Crippen LogP contribution is -2.18. The highest BCUT2D eigenvalue weighted by Gasteiger charge is 2.08. The van der Waals surface area contributed by atoms with Crippen molar-refractivity contribution in [1.29, 1.82) is 0 Å². The third kappa shape index (κ3) is 3.32. The number of rotatable bonds is 4. The minimum absolute atomic E-state index is 0.154. The third-order valence-electron chi connectivity index (χ3n) is 3.33. The summed E-state index contributed by atoms with van der Waals surface area (Å²) in [6.07, 6.45) is 0. The Bertz CT molecular complexity index is 566. The molecule has 2 rings (SSSR count). The molecular weight excluding hydrogens is 239 g/mol. The van der Waals surface area contributed by atoms with Crippen molar-refractivity contribution in [3.05, 3.63) is 65.0 Å². The van der Waals surface area contributed by atoms with Crippen LogP contribution >= 0.6 is 0 Å². The molecule has 0 heterocycles. The van der Waals surface area contributed by atoms with E-state index in [9.17, 15) is 4.39 Å². The van der Waals surface area contributed by atoms with Crippen molar-refractivity contribution in [2.24, 2.45) is 0 Å². The first kappa shape index (κ1) is 13.6. The molecule has 0 saturated heterocycles. The van der Waals surface area contributed by atoms with Gasteiger partial charge in [-0.1, -0.05) is 30.3 Å². The zero-order chi connectivity index (χ0) is 13.8. The number of benzene rings is 2. The van der Waals surface area contributed by atoms with Crippen LogP contribution in [0.2, 0.25) is 0 Å². The van der Waals surface area contributed by atoms with Crippen molar-refractivity contribution in [3.8, 4) is 0 Å². The maximum Gasteiger partial charge on any atom is 0.127 e. The lowest BCUT2D eigenvalue weighted by molar-refractivity contribution is 0.313. The largest absolute Gasteiger partial charge is 0.399 e. The lowest BCUT2D eigenvalue weighted by atomic mass is 10.1. The van der Waals surface area contributed by atoms with Gasteiger partial charge in [0, 0.05) is 24.3 Å². The molecule has 0 spiro atoms. The fraction of sp³-hybridized carbons (Fsp3) is 0.250. The first-order valence-corrected chi connectivity index (χ1v) is 6.34. The van der Waals surface area contributed by atoms with Gasteiger partial charge in [0.1, 0.15) is 5.82 Å². The lowest BCUT2D eigenvalue weighted by Gasteiger charge is -2.19. The maximum absolute atomic E-state index is 13.6. The Labute approximate surface area is 113 Å². The van der Waals surface area contributed by atoms with Crippen molar-refractivity contribution in [2.75, 3.05) is 12.8 Å². The van der Waals surface area contributed by atoms with Gasteiger partial charge in [-0.2, -0.15) is 0 Å². The molecule has 0 aliphatic rings. The molecule has 0 atom stereocenters. The number of hydrogen-bond donors (Lipinski definition) is 1. The molecule has 2 aromatic rings. The van der Waals surface area contributed by atoms with Gasteiger partial charge in [0.2, 0.25) is 0 Å². The summed E-state index contributed by atoms with van der Waals surface area (Å²) in [5, 5.41) is 0. The van der Waals surface area contributed by atoms with E-state index in [1.165, 1.54) is 11.6 Å². The first-order valence-electron chi connectivity index (χ1n) is 6.34. The molecule has 0 radical (unpaired) electrons. The van der Waals surface area contributed by atoms with Crippen molar-refractivity contribution >= 4 is 5.69 Å². The van der Waals surface area contributed by atoms with Gasteiger partial charge in [0.25, 0.3) is 0 Å². The smallest absolute Gasteiger partial charge is 0.127 e. The van der Waals surface area contributed by atoms with E-state index < -0.39 is 0 Å². The molecule has 0 saturated carbocycles. The number of nitrogens with zero attached hydrogens (tertiary/aromatic N) is 1. The molecule has 2 nitrogen and oxygen atoms in total. The van der Waals surface area contributed by atoms with Crippen LogP contribution in [0.15, 0.2) is 42.5 Å². The summed E-state index contributed by atoms with van der Waals surface area (Å²) in [5.74, 6) is -0.154. The van der Waals surface area contributed by atoms with E-state index in [-0.39, 0.29) is 5.82 Å². The minimum Gasteiger partial charge on any atom is -0.399 e. The van der Waals surface area contributed by atoms with Crippen LogP contribution < -0.4 is 5.73 Å². The monoisotopic (exact) mass is 258 g/mol. The van der Waals surface area contributed by atoms with E-state index in [4.69, 9.17) is 5.73 Å². The second-order valence-electron chi connectivity index (χ2n) is 4.90. The molecule has 0 aliphatic heterocycles. The van der Waals surface area contributed by atoms with E-state index >= 15 is 0 Å². The predicted molar refractivity (Wildman–Crippen MR) is 77.2 cm³/mol. The Balaban J connectivity index is 2.08. The molecule has 0 bridgehead atoms. The fourth-order valence-corrected chi connectivity index (χ4v) is 2.14. The molecule has 2 aromatic carbocycles. The standard InChI is InChI=1S/C16H19FN2/c1-12-13(7-5-9-16(12)18)10-19(2)11-14-6-3-4-8-15(14)17/h3-9H,10-11,18H2,1-2H3. The van der Waals surface area contributed by atoms with E-state index in [1.54, 1.807) is 6.07 Å². The van der Waals surface area contributed by atoms with Crippen LogP contribution in [0.4, 0.5) is 10.1 Å². The molecule has 0 aromatic heterocycles. The highest BCUT2D eigenvalue weighted by Crippen LogP contribution is 2.18. The first-order chi connectivity index (χ1) is 9.08. The highest BCUT2D eigenvalue weighted by atomic mass is 19.1. The van der Waals surface area contributed by atoms with Crippen LogP contribution in [0.3, 0.4) is 0 Å². The molecule has 100 valence electrons. The average Bonchev–Trinajstić information content (AvgIpc) is 2.38. The Hall–Kier alpha value is -1.87. The number of nitrogen functional groups attached to an aromatic ring is 1. The van der Waals surface area contributed by atoms with Gasteiger partial charge < -0.3 is 5.73 Å². The normalized spacial score (nSPS) is 10.9. The van der Waals surface area contributed by atoms with Crippen LogP contribution in [0, 0.1) is 12.7 Å². The van der Waals surface area contributed by atoms with Gasteiger partial charge in [-0.25, -0.2) is 4.39 Å². The Morgan fingerprint density at radius 3 is 2.37 bits per heavy atom. The van der Waals surface area contributed by atoms with Crippen molar-refractivity contribution in [1.82, 2.24) is 4.90 Å². The molecule has 3 heteroatoms. The fourth-order valence-electron chi connectivity index (χ4n) is 2.14. The van der Waals surface area contributed by atoms with Crippen molar-refractivity contribution < 1.29 is 4.39 Å². The van der Waals surface area contributed by atoms with Crippen LogP contribution in [0.25, 0.3) is 0 Å². The van der Waals surface area contributed by atoms with Gasteiger partial charge in [-0.05, 0) is 37.2 Å². The topological polar surface area (TPSA) is 29.3 Å². The van der Waals surface area contributed by atoms with Crippen molar-refractivity contribution in [3.63, 3.8) is 0 Å². The summed E-state index contributed by atoms with van der Waals surface area (Å²) in [5.41, 5.74) is 9.69. The van der Waals surface area contributed by atoms with Crippen LogP contribution in [0.1, 0.15) is 16.7 Å². The maximum atomic E-state index is 13.6. The van der Waals surface area contributed by atoms with Crippen LogP contribution in [-0.2, 0) is 13.1 Å². The summed E-state index contributed by atoms with van der Waals surface area (Å²) >= 11 is 0. The molecule has 19 heavy (non-hydrogen) atoms. The predicted octanol–water partition coefficient (Wildman–Crippen LogP) is 3.35. The molecule has 2 N–H and O–H groups in total. The van der Waals surface area contributed by atoms with E-state index in [0.717, 1.165) is 17.8 Å². The molecular formula is C16H19FN2. The average molecular weight is 258 g/mol. The van der Waals surface area contributed by atoms with Crippen LogP contribution in [-0.4, -0.2) is 11.9 Å². The van der Waals surface area contributed by atoms with Gasteiger partial charge >= 0.3 is 0 Å². The molecule has 0 amide bonds. The van der Waals surface area contributed by atoms with Gasteiger partial charge in [-0.3, -0.25) is 4.90 Å². The second-order valence-corrected chi connectivity index (χ2v) is 4.90. The van der Waals surface area contributed by atoms with E-state index in [0.29, 0.717) is 12.1 Å². The zero-order valence-electron chi connectivity index (χ0n) is 11.4. The summed E-state index contributed by atoms with van der Waals surface area (Å²) in [6, 6.07) is 12.8. The SMILES string of the molecule is Cc1c(N)cccc1CN(C)Cc1ccccc1F. The number of nitrogens with two attached hydrogens (primary N) is 1. The quantitative estimate of drug-likeness (QED) is 0.852. The van der Waals surface area contributed by atoms with E-state index in [2.05, 4.69) is 11.0 Å². The molecule has 0 fully saturated rings. The van der Waals surface area contributed by atoms with Crippen LogP contribution in [0.5, 0.6) is 0 Å². The number of hydrogen-bond acceptors (Lipinski definition) is 2. The summed E-state index contributed by atoms with van der Waals surface area (Å²) in [4.78, 5) is 2.08. The minimum atomic E-state index is -0.154. The Kier molecular flexibility index (Phi) is 4.17. The summed E-state index contributed by atoms with van der Waals surface area (Å²) in [6.45, 7) is 3.35. The third-order valence-corrected chi connectivity index (χ3v) is 3.33. The number of halogens is 1.